The first-order valence-corrected chi connectivity index (χ1v) is 22.3. The molecule has 2 bridgehead atoms. The fraction of sp³-hybridized carbons (Fsp3) is 0.300. The van der Waals surface area contributed by atoms with Gasteiger partial charge in [0.25, 0.3) is 5.91 Å². The van der Waals surface area contributed by atoms with E-state index in [9.17, 15) is 38.7 Å². The largest absolute Gasteiger partial charge is 0.484 e. The molecular weight excluding hydrogens is 863 g/mol. The topological polar surface area (TPSA) is 218 Å². The molecule has 0 saturated carbocycles. The van der Waals surface area contributed by atoms with Crippen LogP contribution in [0.5, 0.6) is 5.75 Å². The number of ether oxygens (including phenoxy) is 2. The van der Waals surface area contributed by atoms with Crippen LogP contribution >= 0.6 is 11.3 Å². The minimum atomic E-state index is -1.71. The van der Waals surface area contributed by atoms with E-state index in [1.165, 1.54) is 11.3 Å². The van der Waals surface area contributed by atoms with Crippen LogP contribution in [-0.4, -0.2) is 89.0 Å². The normalized spacial score (nSPS) is 19.0. The van der Waals surface area contributed by atoms with Crippen molar-refractivity contribution in [3.63, 3.8) is 0 Å². The van der Waals surface area contributed by atoms with Crippen molar-refractivity contribution in [2.24, 2.45) is 0 Å². The van der Waals surface area contributed by atoms with Gasteiger partial charge in [-0.3, -0.25) is 28.8 Å². The summed E-state index contributed by atoms with van der Waals surface area (Å²) in [6.07, 6.45) is -0.791. The van der Waals surface area contributed by atoms with Crippen molar-refractivity contribution in [3.8, 4) is 16.9 Å². The van der Waals surface area contributed by atoms with Gasteiger partial charge < -0.3 is 41.2 Å². The number of carboxylic acids is 1. The number of nitrogens with one attached hydrogen (secondary N) is 5. The van der Waals surface area contributed by atoms with Gasteiger partial charge >= 0.3 is 11.9 Å². The molecule has 7 rings (SSSR count). The van der Waals surface area contributed by atoms with E-state index >= 15 is 0 Å². The maximum atomic E-state index is 14.6. The van der Waals surface area contributed by atoms with Gasteiger partial charge in [-0.15, -0.1) is 11.3 Å². The molecule has 3 heterocycles. The molecule has 0 aliphatic carbocycles. The summed E-state index contributed by atoms with van der Waals surface area (Å²) in [5, 5.41) is 25.4. The molecule has 15 nitrogen and oxygen atoms in total. The van der Waals surface area contributed by atoms with Gasteiger partial charge in [-0.05, 0) is 72.2 Å². The Hall–Kier alpha value is -7.33. The Balaban J connectivity index is 1.35. The van der Waals surface area contributed by atoms with Crippen LogP contribution in [-0.2, 0) is 64.0 Å². The molecule has 2 aliphatic heterocycles. The third kappa shape index (κ3) is 14.6. The predicted molar refractivity (Wildman–Crippen MR) is 247 cm³/mol. The van der Waals surface area contributed by atoms with Gasteiger partial charge in [-0.25, -0.2) is 4.79 Å². The third-order valence-corrected chi connectivity index (χ3v) is 11.4. The van der Waals surface area contributed by atoms with E-state index < -0.39 is 90.3 Å². The number of carbonyl (C=O) groups is 7. The van der Waals surface area contributed by atoms with Crippen molar-refractivity contribution in [1.82, 2.24) is 26.6 Å². The van der Waals surface area contributed by atoms with E-state index in [0.717, 1.165) is 16.0 Å². The number of esters is 1. The SMILES string of the molecule is CC(C)(C)OC(=O)C[C@H](NC(=O)[C@@H]1Cc2ccc(cc2)OCC(=O)N[C@@H](Cc2cccs2)C(=O)N[C@H](Cc2ccc(-c3ccccc3)cc2)C(=O)N[C@@H](Cc2ccccc2)C(=O)N1)C(=O)O. The first kappa shape index (κ1) is 48.1. The van der Waals surface area contributed by atoms with Gasteiger partial charge in [0, 0.05) is 30.6 Å². The Kier molecular flexibility index (Phi) is 16.4. The summed E-state index contributed by atoms with van der Waals surface area (Å²) in [5.41, 5.74) is 2.85. The molecule has 2 aliphatic rings. The standard InChI is InChI=1S/C50H53N5O10S/c1-50(2,3)65-44(57)29-42(49(62)63)55-47(60)40-27-33-18-22-36(23-19-33)64-30-43(56)51-41(28-37-15-10-24-66-37)48(61)54-39(26-32-16-20-35(21-17-32)34-13-8-5-9-14-34)46(59)52-38(45(58)53-40)25-31-11-6-4-7-12-31/h4-24,38-42H,25-30H2,1-3H3,(H,51,56)(H,52,59)(H,53,58)(H,54,61)(H,55,60)(H,62,63)/t38-,39+,40-,41-,42-/m0/s1. The highest BCUT2D eigenvalue weighted by molar-refractivity contribution is 7.09. The van der Waals surface area contributed by atoms with E-state index in [-0.39, 0.29) is 31.4 Å². The van der Waals surface area contributed by atoms with E-state index in [0.29, 0.717) is 16.7 Å². The summed E-state index contributed by atoms with van der Waals surface area (Å²) >= 11 is 1.40. The molecule has 66 heavy (non-hydrogen) atoms. The Morgan fingerprint density at radius 3 is 1.83 bits per heavy atom. The highest BCUT2D eigenvalue weighted by atomic mass is 32.1. The monoisotopic (exact) mass is 915 g/mol. The highest BCUT2D eigenvalue weighted by Gasteiger charge is 2.34. The summed E-state index contributed by atoms with van der Waals surface area (Å²) in [5.74, 6) is -5.76. The van der Waals surface area contributed by atoms with Crippen LogP contribution in [0.15, 0.2) is 127 Å². The lowest BCUT2D eigenvalue weighted by Gasteiger charge is -2.27. The number of carboxylic acid groups (broad SMARTS) is 1. The van der Waals surface area contributed by atoms with Crippen LogP contribution in [0.1, 0.15) is 48.8 Å². The second-order valence-electron chi connectivity index (χ2n) is 16.9. The number of benzene rings is 4. The lowest BCUT2D eigenvalue weighted by Crippen LogP contribution is -2.60. The lowest BCUT2D eigenvalue weighted by molar-refractivity contribution is -0.158. The van der Waals surface area contributed by atoms with Crippen molar-refractivity contribution < 1.29 is 48.1 Å². The molecule has 16 heteroatoms. The number of rotatable bonds is 12. The number of aliphatic carboxylic acids is 1. The molecule has 6 N–H and O–H groups in total. The smallest absolute Gasteiger partial charge is 0.326 e. The number of amides is 5. The van der Waals surface area contributed by atoms with E-state index in [4.69, 9.17) is 9.47 Å². The minimum Gasteiger partial charge on any atom is -0.484 e. The van der Waals surface area contributed by atoms with Crippen molar-refractivity contribution in [3.05, 3.63) is 148 Å². The zero-order valence-electron chi connectivity index (χ0n) is 36.8. The quantitative estimate of drug-likeness (QED) is 0.0770. The summed E-state index contributed by atoms with van der Waals surface area (Å²) in [7, 11) is 0. The Morgan fingerprint density at radius 1 is 0.697 bits per heavy atom. The second-order valence-corrected chi connectivity index (χ2v) is 17.9. The molecule has 0 radical (unpaired) electrons. The average molecular weight is 916 g/mol. The van der Waals surface area contributed by atoms with Crippen LogP contribution in [0.4, 0.5) is 0 Å². The van der Waals surface area contributed by atoms with Crippen LogP contribution in [0.3, 0.4) is 0 Å². The molecule has 4 aromatic carbocycles. The molecule has 1 aromatic heterocycles. The van der Waals surface area contributed by atoms with E-state index in [1.54, 1.807) is 75.4 Å². The van der Waals surface area contributed by atoms with Crippen molar-refractivity contribution in [2.75, 3.05) is 6.61 Å². The molecule has 5 aromatic rings. The number of hydrogen-bond donors (Lipinski definition) is 6. The van der Waals surface area contributed by atoms with Crippen molar-refractivity contribution in [2.45, 2.75) is 88.7 Å². The molecule has 344 valence electrons. The molecule has 0 saturated heterocycles. The molecule has 0 spiro atoms. The summed E-state index contributed by atoms with van der Waals surface area (Å²) in [4.78, 5) is 96.8. The zero-order chi connectivity index (χ0) is 47.2. The minimum absolute atomic E-state index is 0.0116. The maximum absolute atomic E-state index is 14.6. The van der Waals surface area contributed by atoms with Crippen LogP contribution in [0.25, 0.3) is 11.1 Å². The van der Waals surface area contributed by atoms with Crippen molar-refractivity contribution >= 4 is 52.8 Å². The van der Waals surface area contributed by atoms with Gasteiger partial charge in [-0.2, -0.15) is 0 Å². The van der Waals surface area contributed by atoms with Crippen LogP contribution in [0, 0.1) is 0 Å². The summed E-state index contributed by atoms with van der Waals surface area (Å²) < 4.78 is 11.1. The summed E-state index contributed by atoms with van der Waals surface area (Å²) in [6, 6.07) is 29.2. The van der Waals surface area contributed by atoms with Crippen LogP contribution in [0.2, 0.25) is 0 Å². The number of carbonyl (C=O) groups excluding carboxylic acids is 6. The van der Waals surface area contributed by atoms with Gasteiger partial charge in [0.2, 0.25) is 23.6 Å². The first-order valence-electron chi connectivity index (χ1n) is 21.5. The van der Waals surface area contributed by atoms with Gasteiger partial charge in [0.05, 0.1) is 6.42 Å². The first-order chi connectivity index (χ1) is 31.6. The molecular formula is C50H53N5O10S. The molecule has 0 unspecified atom stereocenters. The van der Waals surface area contributed by atoms with Gasteiger partial charge in [-0.1, -0.05) is 103 Å². The molecule has 5 amide bonds. The fourth-order valence-corrected chi connectivity index (χ4v) is 7.95. The predicted octanol–water partition coefficient (Wildman–Crippen LogP) is 4.32. The fourth-order valence-electron chi connectivity index (χ4n) is 7.20. The van der Waals surface area contributed by atoms with Crippen LogP contribution < -0.4 is 31.3 Å². The molecule has 0 fully saturated rings. The average Bonchev–Trinajstić information content (AvgIpc) is 3.81. The lowest BCUT2D eigenvalue weighted by atomic mass is 9.99. The second kappa shape index (κ2) is 22.5. The number of hydrogen-bond acceptors (Lipinski definition) is 10. The summed E-state index contributed by atoms with van der Waals surface area (Å²) in [6.45, 7) is 4.41. The Morgan fingerprint density at radius 2 is 1.26 bits per heavy atom. The Bertz CT molecular complexity index is 2460. The van der Waals surface area contributed by atoms with Crippen molar-refractivity contribution in [1.29, 1.82) is 0 Å². The van der Waals surface area contributed by atoms with Gasteiger partial charge in [0.15, 0.2) is 6.61 Å². The zero-order valence-corrected chi connectivity index (χ0v) is 37.6. The highest BCUT2D eigenvalue weighted by Crippen LogP contribution is 2.21. The maximum Gasteiger partial charge on any atom is 0.326 e. The van der Waals surface area contributed by atoms with E-state index in [1.807, 2.05) is 72.1 Å². The number of thiophene rings is 1. The Labute approximate surface area is 386 Å². The molecule has 5 atom stereocenters. The van der Waals surface area contributed by atoms with E-state index in [2.05, 4.69) is 26.6 Å². The third-order valence-electron chi connectivity index (χ3n) is 10.5. The van der Waals surface area contributed by atoms with Gasteiger partial charge in [0.1, 0.15) is 41.6 Å². The number of fused-ring (bicyclic) bond motifs is 16.